The molecule has 0 aromatic rings. The molecule has 0 aromatic carbocycles. The molecule has 0 aromatic heterocycles. The molecule has 2 atom stereocenters. The Bertz CT molecular complexity index is 143. The Kier molecular flexibility index (Phi) is 1.51. The molecule has 10 heavy (non-hydrogen) atoms. The molecule has 0 amide bonds. The standard InChI is InChI=1S/C7H12F2O/c1-5-3-7(8,9)4-6(5,2)10/h5,10H,3-4H2,1-2H3/t5-,6+/m1/s1. The lowest BCUT2D eigenvalue weighted by molar-refractivity contribution is -0.0288. The van der Waals surface area contributed by atoms with Gasteiger partial charge in [0.05, 0.1) is 5.60 Å². The summed E-state index contributed by atoms with van der Waals surface area (Å²) in [6.07, 6.45) is -0.568. The van der Waals surface area contributed by atoms with E-state index in [1.807, 2.05) is 0 Å². The van der Waals surface area contributed by atoms with E-state index < -0.39 is 11.5 Å². The van der Waals surface area contributed by atoms with Crippen molar-refractivity contribution in [2.24, 2.45) is 5.92 Å². The molecule has 0 spiro atoms. The van der Waals surface area contributed by atoms with Crippen molar-refractivity contribution in [2.75, 3.05) is 0 Å². The topological polar surface area (TPSA) is 20.2 Å². The fraction of sp³-hybridized carbons (Fsp3) is 1.00. The second-order valence-electron chi connectivity index (χ2n) is 3.50. The Labute approximate surface area is 59.0 Å². The molecule has 0 bridgehead atoms. The van der Waals surface area contributed by atoms with Gasteiger partial charge in [-0.25, -0.2) is 8.78 Å². The van der Waals surface area contributed by atoms with Crippen LogP contribution in [0.2, 0.25) is 0 Å². The third-order valence-corrected chi connectivity index (χ3v) is 2.28. The molecule has 1 aliphatic carbocycles. The van der Waals surface area contributed by atoms with Gasteiger partial charge >= 0.3 is 0 Å². The highest BCUT2D eigenvalue weighted by molar-refractivity contribution is 4.95. The van der Waals surface area contributed by atoms with Crippen LogP contribution in [-0.4, -0.2) is 16.6 Å². The number of alkyl halides is 2. The predicted molar refractivity (Wildman–Crippen MR) is 34.0 cm³/mol. The maximum absolute atomic E-state index is 12.5. The van der Waals surface area contributed by atoms with E-state index in [2.05, 4.69) is 0 Å². The van der Waals surface area contributed by atoms with Crippen molar-refractivity contribution in [1.82, 2.24) is 0 Å². The zero-order chi connectivity index (χ0) is 7.99. The third kappa shape index (κ3) is 1.29. The minimum atomic E-state index is -2.65. The van der Waals surface area contributed by atoms with Crippen LogP contribution in [0, 0.1) is 5.92 Å². The summed E-state index contributed by atoms with van der Waals surface area (Å²) in [7, 11) is 0. The minimum Gasteiger partial charge on any atom is -0.390 e. The Morgan fingerprint density at radius 1 is 1.50 bits per heavy atom. The first kappa shape index (κ1) is 7.92. The van der Waals surface area contributed by atoms with Crippen LogP contribution in [0.25, 0.3) is 0 Å². The van der Waals surface area contributed by atoms with Gasteiger partial charge in [-0.05, 0) is 12.8 Å². The van der Waals surface area contributed by atoms with Gasteiger partial charge in [0.25, 0.3) is 5.92 Å². The third-order valence-electron chi connectivity index (χ3n) is 2.28. The normalized spacial score (nSPS) is 45.9. The average Bonchev–Trinajstić information content (AvgIpc) is 1.73. The second-order valence-corrected chi connectivity index (χ2v) is 3.50. The van der Waals surface area contributed by atoms with Crippen molar-refractivity contribution in [3.63, 3.8) is 0 Å². The summed E-state index contributed by atoms with van der Waals surface area (Å²) < 4.78 is 25.1. The van der Waals surface area contributed by atoms with Gasteiger partial charge in [-0.3, -0.25) is 0 Å². The minimum absolute atomic E-state index is 0.181. The molecule has 0 radical (unpaired) electrons. The molecule has 0 saturated heterocycles. The van der Waals surface area contributed by atoms with E-state index >= 15 is 0 Å². The fourth-order valence-corrected chi connectivity index (χ4v) is 1.44. The Hall–Kier alpha value is -0.180. The van der Waals surface area contributed by atoms with Crippen LogP contribution < -0.4 is 0 Å². The lowest BCUT2D eigenvalue weighted by Gasteiger charge is -2.20. The maximum Gasteiger partial charge on any atom is 0.251 e. The quantitative estimate of drug-likeness (QED) is 0.558. The van der Waals surface area contributed by atoms with Crippen LogP contribution in [0.15, 0.2) is 0 Å². The van der Waals surface area contributed by atoms with Crippen LogP contribution in [0.3, 0.4) is 0 Å². The SMILES string of the molecule is C[C@@H]1CC(F)(F)C[C@]1(C)O. The highest BCUT2D eigenvalue weighted by Gasteiger charge is 2.50. The van der Waals surface area contributed by atoms with E-state index in [-0.39, 0.29) is 18.8 Å². The molecule has 1 rings (SSSR count). The summed E-state index contributed by atoms with van der Waals surface area (Å²) in [6, 6.07) is 0. The first-order valence-electron chi connectivity index (χ1n) is 3.44. The second kappa shape index (κ2) is 1.91. The Balaban J connectivity index is 2.71. The summed E-state index contributed by atoms with van der Waals surface area (Å²) in [5, 5.41) is 9.32. The largest absolute Gasteiger partial charge is 0.390 e. The van der Waals surface area contributed by atoms with Crippen molar-refractivity contribution >= 4 is 0 Å². The van der Waals surface area contributed by atoms with Gasteiger partial charge in [0.15, 0.2) is 0 Å². The van der Waals surface area contributed by atoms with Gasteiger partial charge in [-0.1, -0.05) is 6.92 Å². The van der Waals surface area contributed by atoms with Crippen molar-refractivity contribution < 1.29 is 13.9 Å². The van der Waals surface area contributed by atoms with Gasteiger partial charge in [-0.15, -0.1) is 0 Å². The summed E-state index contributed by atoms with van der Waals surface area (Å²) >= 11 is 0. The molecule has 0 heterocycles. The van der Waals surface area contributed by atoms with Crippen molar-refractivity contribution in [1.29, 1.82) is 0 Å². The first-order valence-corrected chi connectivity index (χ1v) is 3.44. The van der Waals surface area contributed by atoms with E-state index in [1.54, 1.807) is 6.92 Å². The van der Waals surface area contributed by atoms with Crippen molar-refractivity contribution in [2.45, 2.75) is 38.2 Å². The smallest absolute Gasteiger partial charge is 0.251 e. The highest BCUT2D eigenvalue weighted by atomic mass is 19.3. The lowest BCUT2D eigenvalue weighted by atomic mass is 9.95. The number of rotatable bonds is 0. The molecule has 1 fully saturated rings. The summed E-state index contributed by atoms with van der Waals surface area (Å²) in [4.78, 5) is 0. The van der Waals surface area contributed by atoms with E-state index in [0.29, 0.717) is 0 Å². The molecule has 1 saturated carbocycles. The molecule has 1 nitrogen and oxygen atoms in total. The summed E-state index contributed by atoms with van der Waals surface area (Å²) in [6.45, 7) is 3.12. The van der Waals surface area contributed by atoms with E-state index in [9.17, 15) is 13.9 Å². The van der Waals surface area contributed by atoms with E-state index in [0.717, 1.165) is 0 Å². The van der Waals surface area contributed by atoms with Crippen LogP contribution in [0.1, 0.15) is 26.7 Å². The van der Waals surface area contributed by atoms with Crippen LogP contribution in [0.4, 0.5) is 8.78 Å². The lowest BCUT2D eigenvalue weighted by Crippen LogP contribution is -2.27. The summed E-state index contributed by atoms with van der Waals surface area (Å²) in [5.74, 6) is -2.94. The monoisotopic (exact) mass is 150 g/mol. The van der Waals surface area contributed by atoms with Crippen molar-refractivity contribution in [3.05, 3.63) is 0 Å². The fourth-order valence-electron chi connectivity index (χ4n) is 1.44. The Morgan fingerprint density at radius 3 is 2.10 bits per heavy atom. The zero-order valence-corrected chi connectivity index (χ0v) is 6.19. The molecule has 1 aliphatic rings. The highest BCUT2D eigenvalue weighted by Crippen LogP contribution is 2.44. The molecular formula is C7H12F2O. The van der Waals surface area contributed by atoms with E-state index in [4.69, 9.17) is 0 Å². The van der Waals surface area contributed by atoms with Crippen LogP contribution in [-0.2, 0) is 0 Å². The maximum atomic E-state index is 12.5. The van der Waals surface area contributed by atoms with Gasteiger partial charge in [0, 0.05) is 12.8 Å². The summed E-state index contributed by atoms with van der Waals surface area (Å²) in [5.41, 5.74) is -1.16. The van der Waals surface area contributed by atoms with Gasteiger partial charge in [0.1, 0.15) is 0 Å². The molecule has 60 valence electrons. The van der Waals surface area contributed by atoms with Gasteiger partial charge in [0.2, 0.25) is 0 Å². The first-order chi connectivity index (χ1) is 4.33. The van der Waals surface area contributed by atoms with Gasteiger partial charge in [-0.2, -0.15) is 0 Å². The molecule has 3 heteroatoms. The Morgan fingerprint density at radius 2 is 2.00 bits per heavy atom. The molecule has 0 aliphatic heterocycles. The van der Waals surface area contributed by atoms with Crippen LogP contribution in [0.5, 0.6) is 0 Å². The molecular weight excluding hydrogens is 138 g/mol. The van der Waals surface area contributed by atoms with Crippen molar-refractivity contribution in [3.8, 4) is 0 Å². The van der Waals surface area contributed by atoms with Crippen LogP contribution >= 0.6 is 0 Å². The number of aliphatic hydroxyl groups is 1. The predicted octanol–water partition coefficient (Wildman–Crippen LogP) is 1.80. The number of hydrogen-bond donors (Lipinski definition) is 1. The average molecular weight is 150 g/mol. The van der Waals surface area contributed by atoms with Gasteiger partial charge < -0.3 is 5.11 Å². The molecule has 0 unspecified atom stereocenters. The van der Waals surface area contributed by atoms with E-state index in [1.165, 1.54) is 6.92 Å². The molecule has 1 N–H and O–H groups in total. The number of hydrogen-bond acceptors (Lipinski definition) is 1. The number of halogens is 2. The zero-order valence-electron chi connectivity index (χ0n) is 6.19.